The Kier molecular flexibility index (Phi) is 7.12. The van der Waals surface area contributed by atoms with Gasteiger partial charge in [0.05, 0.1) is 22.8 Å². The number of carbonyl (C=O) groups is 2. The lowest BCUT2D eigenvalue weighted by atomic mass is 10.0. The second-order valence-corrected chi connectivity index (χ2v) is 11.8. The lowest BCUT2D eigenvalue weighted by Crippen LogP contribution is -2.51. The van der Waals surface area contributed by atoms with E-state index in [0.29, 0.717) is 45.0 Å². The molecule has 0 aliphatic carbocycles. The molecule has 2 amide bonds. The van der Waals surface area contributed by atoms with Gasteiger partial charge in [-0.25, -0.2) is 18.9 Å². The molecule has 0 saturated carbocycles. The van der Waals surface area contributed by atoms with Crippen molar-refractivity contribution in [3.63, 3.8) is 0 Å². The van der Waals surface area contributed by atoms with Gasteiger partial charge in [0.1, 0.15) is 28.5 Å². The molecule has 14 heteroatoms. The predicted octanol–water partition coefficient (Wildman–Crippen LogP) is 4.43. The van der Waals surface area contributed by atoms with Crippen LogP contribution in [0, 0.1) is 11.6 Å². The van der Waals surface area contributed by atoms with Crippen molar-refractivity contribution in [1.29, 1.82) is 0 Å². The van der Waals surface area contributed by atoms with Crippen LogP contribution in [0.2, 0.25) is 0 Å². The smallest absolute Gasteiger partial charge is 0.292 e. The number of benzene rings is 3. The van der Waals surface area contributed by atoms with Crippen molar-refractivity contribution in [3.05, 3.63) is 124 Å². The Morgan fingerprint density at radius 3 is 2.41 bits per heavy atom. The summed E-state index contributed by atoms with van der Waals surface area (Å²) in [6.45, 7) is 0.687. The summed E-state index contributed by atoms with van der Waals surface area (Å²) in [7, 11) is 0. The molecule has 8 rings (SSSR count). The van der Waals surface area contributed by atoms with Gasteiger partial charge in [0, 0.05) is 50.2 Å². The molecule has 1 aliphatic rings. The number of H-pyrrole nitrogens is 1. The van der Waals surface area contributed by atoms with Crippen LogP contribution in [0.3, 0.4) is 0 Å². The molecule has 0 spiro atoms. The van der Waals surface area contributed by atoms with Crippen LogP contribution in [-0.4, -0.2) is 72.4 Å². The Bertz CT molecular complexity index is 2520. The molecule has 0 unspecified atom stereocenters. The van der Waals surface area contributed by atoms with Crippen LogP contribution >= 0.6 is 0 Å². The topological polar surface area (TPSA) is 156 Å². The minimum Gasteiger partial charge on any atom is -0.424 e. The SMILES string of the molecule is Nc1nc2cc(-c3ccc4ncc(C(=O)N5CCN(C(=O)c6cc(Cc7n[nH]c(=O)c8ccccc78)c(F)cc6F)CC5)n4c3)ccc2o1. The van der Waals surface area contributed by atoms with Gasteiger partial charge in [-0.05, 0) is 53.1 Å². The number of nitrogen functional groups attached to an aromatic ring is 1. The van der Waals surface area contributed by atoms with Gasteiger partial charge >= 0.3 is 0 Å². The number of imidazole rings is 1. The number of nitrogens with two attached hydrogens (primary N) is 1. The number of hydrogen-bond acceptors (Lipinski definition) is 8. The van der Waals surface area contributed by atoms with Crippen LogP contribution in [-0.2, 0) is 6.42 Å². The van der Waals surface area contributed by atoms with Crippen molar-refractivity contribution in [2.45, 2.75) is 6.42 Å². The summed E-state index contributed by atoms with van der Waals surface area (Å²) in [6, 6.07) is 17.9. The fourth-order valence-electron chi connectivity index (χ4n) is 6.26. The minimum absolute atomic E-state index is 0.0559. The fraction of sp³-hybridized carbons (Fsp3) is 0.143. The number of nitrogens with zero attached hydrogens (tertiary/aromatic N) is 6. The number of amides is 2. The van der Waals surface area contributed by atoms with E-state index in [4.69, 9.17) is 10.2 Å². The van der Waals surface area contributed by atoms with E-state index in [0.717, 1.165) is 11.1 Å². The highest BCUT2D eigenvalue weighted by atomic mass is 19.1. The van der Waals surface area contributed by atoms with Gasteiger partial charge in [-0.2, -0.15) is 10.1 Å². The molecular weight excluding hydrogens is 634 g/mol. The van der Waals surface area contributed by atoms with Gasteiger partial charge in [-0.15, -0.1) is 0 Å². The molecule has 0 atom stereocenters. The Labute approximate surface area is 275 Å². The zero-order valence-electron chi connectivity index (χ0n) is 25.7. The summed E-state index contributed by atoms with van der Waals surface area (Å²) in [6.07, 6.45) is 3.26. The van der Waals surface area contributed by atoms with Gasteiger partial charge < -0.3 is 20.0 Å². The van der Waals surface area contributed by atoms with E-state index >= 15 is 4.39 Å². The number of pyridine rings is 1. The van der Waals surface area contributed by atoms with Crippen LogP contribution in [0.4, 0.5) is 14.8 Å². The number of rotatable bonds is 5. The molecule has 4 aromatic heterocycles. The highest BCUT2D eigenvalue weighted by molar-refractivity contribution is 5.96. The molecule has 12 nitrogen and oxygen atoms in total. The second kappa shape index (κ2) is 11.7. The number of aromatic nitrogens is 5. The summed E-state index contributed by atoms with van der Waals surface area (Å²) in [5, 5.41) is 7.41. The summed E-state index contributed by atoms with van der Waals surface area (Å²) in [5.74, 6) is -2.71. The number of aromatic amines is 1. The zero-order chi connectivity index (χ0) is 33.8. The minimum atomic E-state index is -0.989. The second-order valence-electron chi connectivity index (χ2n) is 11.8. The Balaban J connectivity index is 0.990. The first-order valence-electron chi connectivity index (χ1n) is 15.4. The number of fused-ring (bicyclic) bond motifs is 3. The summed E-state index contributed by atoms with van der Waals surface area (Å²) < 4.78 is 37.0. The molecule has 1 aliphatic heterocycles. The van der Waals surface area contributed by atoms with Gasteiger partial charge in [0.25, 0.3) is 23.4 Å². The van der Waals surface area contributed by atoms with Crippen molar-refractivity contribution in [3.8, 4) is 11.1 Å². The van der Waals surface area contributed by atoms with Crippen molar-refractivity contribution < 1.29 is 22.8 Å². The Morgan fingerprint density at radius 2 is 1.61 bits per heavy atom. The van der Waals surface area contributed by atoms with E-state index in [1.54, 1.807) is 39.6 Å². The zero-order valence-corrected chi connectivity index (χ0v) is 25.7. The van der Waals surface area contributed by atoms with E-state index < -0.39 is 17.5 Å². The highest BCUT2D eigenvalue weighted by Gasteiger charge is 2.29. The van der Waals surface area contributed by atoms with Crippen LogP contribution < -0.4 is 11.3 Å². The molecule has 0 radical (unpaired) electrons. The van der Waals surface area contributed by atoms with Crippen molar-refractivity contribution in [2.75, 3.05) is 31.9 Å². The van der Waals surface area contributed by atoms with Crippen LogP contribution in [0.5, 0.6) is 0 Å². The van der Waals surface area contributed by atoms with Gasteiger partial charge in [0.2, 0.25) is 0 Å². The van der Waals surface area contributed by atoms with Crippen LogP contribution in [0.1, 0.15) is 32.1 Å². The van der Waals surface area contributed by atoms with Crippen LogP contribution in [0.25, 0.3) is 38.6 Å². The molecule has 1 fully saturated rings. The first-order chi connectivity index (χ1) is 23.7. The summed E-state index contributed by atoms with van der Waals surface area (Å²) in [4.78, 5) is 51.0. The molecule has 244 valence electrons. The van der Waals surface area contributed by atoms with E-state index in [2.05, 4.69) is 20.2 Å². The number of piperazine rings is 1. The Morgan fingerprint density at radius 1 is 0.878 bits per heavy atom. The van der Waals surface area contributed by atoms with Gasteiger partial charge in [-0.1, -0.05) is 24.3 Å². The molecule has 0 bridgehead atoms. The van der Waals surface area contributed by atoms with Gasteiger partial charge in [0.15, 0.2) is 5.58 Å². The van der Waals surface area contributed by atoms with Crippen molar-refractivity contribution in [1.82, 2.24) is 34.4 Å². The van der Waals surface area contributed by atoms with Crippen molar-refractivity contribution >= 4 is 45.3 Å². The number of anilines is 1. The highest BCUT2D eigenvalue weighted by Crippen LogP contribution is 2.27. The third-order valence-electron chi connectivity index (χ3n) is 8.82. The number of hydrogen-bond donors (Lipinski definition) is 2. The standard InChI is InChI=1S/C35H26F2N8O4/c36-25-16-26(37)24(13-21(25)15-27-22-3-1-2-4-23(22)32(46)42-41-27)33(47)43-9-11-44(12-10-43)34(48)29-17-39-31-8-6-20(18-45(29)31)19-5-7-30-28(14-19)40-35(38)49-30/h1-8,13-14,16-18H,9-12,15H2,(H2,38,40)(H,42,46). The molecule has 1 saturated heterocycles. The normalized spacial score (nSPS) is 13.5. The van der Waals surface area contributed by atoms with Crippen LogP contribution in [0.15, 0.2) is 88.3 Å². The van der Waals surface area contributed by atoms with Gasteiger partial charge in [-0.3, -0.25) is 18.8 Å². The maximum Gasteiger partial charge on any atom is 0.292 e. The molecule has 49 heavy (non-hydrogen) atoms. The lowest BCUT2D eigenvalue weighted by molar-refractivity contribution is 0.0529. The third kappa shape index (κ3) is 5.32. The third-order valence-corrected chi connectivity index (χ3v) is 8.82. The van der Waals surface area contributed by atoms with E-state index in [-0.39, 0.29) is 61.2 Å². The summed E-state index contributed by atoms with van der Waals surface area (Å²) >= 11 is 0. The monoisotopic (exact) mass is 660 g/mol. The molecule has 3 aromatic carbocycles. The predicted molar refractivity (Wildman–Crippen MR) is 176 cm³/mol. The first kappa shape index (κ1) is 29.9. The summed E-state index contributed by atoms with van der Waals surface area (Å²) in [5.41, 5.74) is 9.24. The van der Waals surface area contributed by atoms with E-state index in [1.807, 2.05) is 30.5 Å². The molecular formula is C35H26F2N8O4. The molecule has 5 heterocycles. The number of carbonyl (C=O) groups excluding carboxylic acids is 2. The largest absolute Gasteiger partial charge is 0.424 e. The van der Waals surface area contributed by atoms with E-state index in [1.165, 1.54) is 17.2 Å². The lowest BCUT2D eigenvalue weighted by Gasteiger charge is -2.34. The molecule has 7 aromatic rings. The Hall–Kier alpha value is -6.44. The average Bonchev–Trinajstić information content (AvgIpc) is 3.72. The average molecular weight is 661 g/mol. The maximum atomic E-state index is 15.0. The number of nitrogens with one attached hydrogen (secondary N) is 1. The fourth-order valence-corrected chi connectivity index (χ4v) is 6.26. The quantitative estimate of drug-likeness (QED) is 0.275. The number of halogens is 2. The number of oxazole rings is 1. The maximum absolute atomic E-state index is 15.0. The van der Waals surface area contributed by atoms with E-state index in [9.17, 15) is 18.8 Å². The van der Waals surface area contributed by atoms with Crippen molar-refractivity contribution in [2.24, 2.45) is 0 Å². The molecule has 3 N–H and O–H groups in total. The first-order valence-corrected chi connectivity index (χ1v) is 15.4.